The van der Waals surface area contributed by atoms with E-state index < -0.39 is 41.2 Å². The minimum atomic E-state index is -1.38. The number of carbonyl (C=O) groups is 1. The van der Waals surface area contributed by atoms with Gasteiger partial charge in [-0.25, -0.2) is 4.79 Å². The van der Waals surface area contributed by atoms with Gasteiger partial charge in [-0.05, 0) is 20.3 Å². The van der Waals surface area contributed by atoms with Gasteiger partial charge in [0.1, 0.15) is 6.10 Å². The van der Waals surface area contributed by atoms with Crippen LogP contribution in [0.4, 0.5) is 0 Å². The lowest BCUT2D eigenvalue weighted by Crippen LogP contribution is -2.50. The van der Waals surface area contributed by atoms with Gasteiger partial charge in [0, 0.05) is 23.3 Å². The smallest absolute Gasteiger partial charge is 0.334 e. The van der Waals surface area contributed by atoms with Gasteiger partial charge in [0.25, 0.3) is 0 Å². The average Bonchev–Trinajstić information content (AvgIpc) is 2.77. The summed E-state index contributed by atoms with van der Waals surface area (Å²) in [5.41, 5.74) is -2.25. The predicted octanol–water partition coefficient (Wildman–Crippen LogP) is 0.153. The van der Waals surface area contributed by atoms with Gasteiger partial charge < -0.3 is 20.1 Å². The number of ether oxygens (including phenoxy) is 1. The summed E-state index contributed by atoms with van der Waals surface area (Å²) < 4.78 is 5.39. The van der Waals surface area contributed by atoms with Crippen LogP contribution < -0.4 is 0 Å². The van der Waals surface area contributed by atoms with E-state index in [0.717, 1.165) is 0 Å². The lowest BCUT2D eigenvalue weighted by Gasteiger charge is -2.39. The Labute approximate surface area is 117 Å². The van der Waals surface area contributed by atoms with Crippen LogP contribution in [0.2, 0.25) is 0 Å². The zero-order valence-corrected chi connectivity index (χ0v) is 11.6. The van der Waals surface area contributed by atoms with E-state index in [1.165, 1.54) is 0 Å². The zero-order chi connectivity index (χ0) is 14.9. The van der Waals surface area contributed by atoms with Crippen molar-refractivity contribution in [2.24, 2.45) is 17.8 Å². The van der Waals surface area contributed by atoms with Crippen LogP contribution in [0, 0.1) is 17.8 Å². The van der Waals surface area contributed by atoms with Crippen molar-refractivity contribution in [1.29, 1.82) is 0 Å². The molecule has 7 atom stereocenters. The molecule has 1 heterocycles. The summed E-state index contributed by atoms with van der Waals surface area (Å²) in [6, 6.07) is 0. The van der Waals surface area contributed by atoms with Gasteiger partial charge in [-0.3, -0.25) is 0 Å². The molecule has 3 N–H and O–H groups in total. The van der Waals surface area contributed by atoms with Crippen LogP contribution in [0.15, 0.2) is 24.3 Å². The summed E-state index contributed by atoms with van der Waals surface area (Å²) in [6.45, 7) is 6.93. The van der Waals surface area contributed by atoms with E-state index in [0.29, 0.717) is 5.57 Å². The van der Waals surface area contributed by atoms with E-state index >= 15 is 0 Å². The van der Waals surface area contributed by atoms with Crippen LogP contribution in [0.3, 0.4) is 0 Å². The number of hydrogen-bond acceptors (Lipinski definition) is 5. The Morgan fingerprint density at radius 1 is 1.40 bits per heavy atom. The van der Waals surface area contributed by atoms with Gasteiger partial charge >= 0.3 is 5.97 Å². The Bertz CT molecular complexity index is 504. The lowest BCUT2D eigenvalue weighted by molar-refractivity contribution is -0.151. The first-order valence-corrected chi connectivity index (χ1v) is 6.88. The molecule has 1 saturated carbocycles. The SMILES string of the molecule is C=C1C(=O)O[C@@H]2[C@@H]3[C@H](C=C[C@]3(C)O)[C@](C)(O)[C@H](O)C[C@@H]12. The Morgan fingerprint density at radius 3 is 2.70 bits per heavy atom. The van der Waals surface area contributed by atoms with E-state index in [9.17, 15) is 20.1 Å². The molecule has 3 rings (SSSR count). The molecule has 2 aliphatic carbocycles. The molecule has 0 aromatic carbocycles. The van der Waals surface area contributed by atoms with E-state index in [-0.39, 0.29) is 12.3 Å². The van der Waals surface area contributed by atoms with Crippen LogP contribution >= 0.6 is 0 Å². The molecule has 5 nitrogen and oxygen atoms in total. The average molecular weight is 280 g/mol. The van der Waals surface area contributed by atoms with Gasteiger partial charge in [-0.1, -0.05) is 18.7 Å². The minimum absolute atomic E-state index is 0.208. The number of esters is 1. The number of aliphatic hydroxyl groups is 3. The molecule has 110 valence electrons. The second-order valence-corrected chi connectivity index (χ2v) is 6.62. The summed E-state index contributed by atoms with van der Waals surface area (Å²) in [5, 5.41) is 31.5. The Kier molecular flexibility index (Phi) is 2.71. The fourth-order valence-electron chi connectivity index (χ4n) is 3.92. The molecule has 0 spiro atoms. The fraction of sp³-hybridized carbons (Fsp3) is 0.667. The highest BCUT2D eigenvalue weighted by Crippen LogP contribution is 2.52. The maximum atomic E-state index is 11.8. The van der Waals surface area contributed by atoms with Gasteiger partial charge in [0.2, 0.25) is 0 Å². The molecule has 0 radical (unpaired) electrons. The normalized spacial score (nSPS) is 54.4. The van der Waals surface area contributed by atoms with Crippen LogP contribution in [0.25, 0.3) is 0 Å². The molecule has 0 unspecified atom stereocenters. The third-order valence-corrected chi connectivity index (χ3v) is 5.23. The first-order valence-electron chi connectivity index (χ1n) is 6.88. The van der Waals surface area contributed by atoms with E-state index in [1.54, 1.807) is 26.0 Å². The molecule has 0 aromatic heterocycles. The maximum absolute atomic E-state index is 11.8. The lowest BCUT2D eigenvalue weighted by atomic mass is 9.73. The Balaban J connectivity index is 2.10. The minimum Gasteiger partial charge on any atom is -0.458 e. The van der Waals surface area contributed by atoms with Gasteiger partial charge in [0.05, 0.1) is 17.3 Å². The van der Waals surface area contributed by atoms with Crippen molar-refractivity contribution in [1.82, 2.24) is 0 Å². The van der Waals surface area contributed by atoms with E-state index in [4.69, 9.17) is 4.74 Å². The summed E-state index contributed by atoms with van der Waals surface area (Å²) >= 11 is 0. The predicted molar refractivity (Wildman–Crippen MR) is 70.5 cm³/mol. The molecular weight excluding hydrogens is 260 g/mol. The monoisotopic (exact) mass is 280 g/mol. The fourth-order valence-corrected chi connectivity index (χ4v) is 3.92. The Morgan fingerprint density at radius 2 is 2.05 bits per heavy atom. The first-order chi connectivity index (χ1) is 9.16. The highest BCUT2D eigenvalue weighted by atomic mass is 16.6. The molecule has 0 amide bonds. The highest BCUT2D eigenvalue weighted by molar-refractivity contribution is 5.91. The van der Waals surface area contributed by atoms with Crippen molar-refractivity contribution in [3.8, 4) is 0 Å². The standard InChI is InChI=1S/C15H20O5/c1-7-8-6-10(16)15(3,19)9-4-5-14(2,18)11(9)12(8)20-13(7)17/h4-5,8-12,16,18-19H,1,6H2,2-3H3/t8-,9-,10+,11-,12-,14-,15-/m0/s1. The molecule has 3 aliphatic rings. The zero-order valence-electron chi connectivity index (χ0n) is 11.6. The van der Waals surface area contributed by atoms with Crippen LogP contribution in [-0.2, 0) is 9.53 Å². The van der Waals surface area contributed by atoms with Crippen LogP contribution in [0.5, 0.6) is 0 Å². The number of hydrogen-bond donors (Lipinski definition) is 3. The first kappa shape index (κ1) is 13.8. The molecular formula is C15H20O5. The number of aliphatic hydroxyl groups excluding tert-OH is 1. The molecule has 20 heavy (non-hydrogen) atoms. The quantitative estimate of drug-likeness (QED) is 0.334. The van der Waals surface area contributed by atoms with Crippen molar-refractivity contribution in [3.63, 3.8) is 0 Å². The topological polar surface area (TPSA) is 87.0 Å². The molecule has 1 aliphatic heterocycles. The largest absolute Gasteiger partial charge is 0.458 e. The van der Waals surface area contributed by atoms with Crippen molar-refractivity contribution >= 4 is 5.97 Å². The van der Waals surface area contributed by atoms with Crippen LogP contribution in [-0.4, -0.2) is 44.7 Å². The summed E-state index contributed by atoms with van der Waals surface area (Å²) in [6.07, 6.45) is 1.97. The van der Waals surface area contributed by atoms with Crippen molar-refractivity contribution in [3.05, 3.63) is 24.3 Å². The van der Waals surface area contributed by atoms with Gasteiger partial charge in [-0.2, -0.15) is 0 Å². The number of rotatable bonds is 0. The third-order valence-electron chi connectivity index (χ3n) is 5.23. The molecule has 0 bridgehead atoms. The maximum Gasteiger partial charge on any atom is 0.334 e. The second-order valence-electron chi connectivity index (χ2n) is 6.62. The van der Waals surface area contributed by atoms with Gasteiger partial charge in [0.15, 0.2) is 0 Å². The number of fused-ring (bicyclic) bond motifs is 3. The summed E-state index contributed by atoms with van der Waals surface area (Å²) in [7, 11) is 0. The third kappa shape index (κ3) is 1.63. The summed E-state index contributed by atoms with van der Waals surface area (Å²) in [5.74, 6) is -1.80. The molecule has 1 saturated heterocycles. The Hall–Kier alpha value is -1.17. The molecule has 0 aromatic rings. The summed E-state index contributed by atoms with van der Waals surface area (Å²) in [4.78, 5) is 11.8. The second kappa shape index (κ2) is 3.93. The van der Waals surface area contributed by atoms with E-state index in [1.807, 2.05) is 0 Å². The molecule has 5 heteroatoms. The van der Waals surface area contributed by atoms with Crippen molar-refractivity contribution in [2.45, 2.75) is 43.7 Å². The number of carbonyl (C=O) groups excluding carboxylic acids is 1. The van der Waals surface area contributed by atoms with E-state index in [2.05, 4.69) is 6.58 Å². The van der Waals surface area contributed by atoms with Crippen molar-refractivity contribution in [2.75, 3.05) is 0 Å². The van der Waals surface area contributed by atoms with Gasteiger partial charge in [-0.15, -0.1) is 0 Å². The van der Waals surface area contributed by atoms with Crippen LogP contribution in [0.1, 0.15) is 20.3 Å². The molecule has 2 fully saturated rings. The highest BCUT2D eigenvalue weighted by Gasteiger charge is 2.61. The van der Waals surface area contributed by atoms with Crippen molar-refractivity contribution < 1.29 is 24.9 Å².